The predicted molar refractivity (Wildman–Crippen MR) is 71.7 cm³/mol. The fraction of sp³-hybridized carbons (Fsp3) is 0.929. The van der Waals surface area contributed by atoms with Crippen LogP contribution in [-0.4, -0.2) is 30.4 Å². The van der Waals surface area contributed by atoms with Crippen molar-refractivity contribution in [3.05, 3.63) is 0 Å². The summed E-state index contributed by atoms with van der Waals surface area (Å²) in [7, 11) is 0. The van der Waals surface area contributed by atoms with Gasteiger partial charge in [-0.2, -0.15) is 0 Å². The molecule has 1 unspecified atom stereocenters. The molecule has 0 aromatic rings. The number of rotatable bonds is 8. The Bertz CT molecular complexity index is 218. The Morgan fingerprint density at radius 3 is 2.76 bits per heavy atom. The standard InChI is InChI=1S/C14H28N2O/c1-2-3-4-5-6-7-14(17)16-11-9-13(12-16)8-10-15/h13H,2-12,15H2,1H3. The summed E-state index contributed by atoms with van der Waals surface area (Å²) in [6, 6.07) is 0. The van der Waals surface area contributed by atoms with Gasteiger partial charge in [-0.15, -0.1) is 0 Å². The Hall–Kier alpha value is -0.570. The van der Waals surface area contributed by atoms with Crippen molar-refractivity contribution in [3.8, 4) is 0 Å². The molecule has 0 aromatic heterocycles. The highest BCUT2D eigenvalue weighted by atomic mass is 16.2. The molecule has 0 bridgehead atoms. The summed E-state index contributed by atoms with van der Waals surface area (Å²) in [4.78, 5) is 14.0. The third-order valence-electron chi connectivity index (χ3n) is 3.71. The molecule has 1 amide bonds. The van der Waals surface area contributed by atoms with E-state index in [-0.39, 0.29) is 0 Å². The molecule has 0 saturated carbocycles. The van der Waals surface area contributed by atoms with Gasteiger partial charge in [0.15, 0.2) is 0 Å². The van der Waals surface area contributed by atoms with E-state index in [0.717, 1.165) is 45.3 Å². The maximum Gasteiger partial charge on any atom is 0.222 e. The van der Waals surface area contributed by atoms with Gasteiger partial charge >= 0.3 is 0 Å². The van der Waals surface area contributed by atoms with Crippen molar-refractivity contribution in [2.24, 2.45) is 11.7 Å². The Morgan fingerprint density at radius 1 is 1.29 bits per heavy atom. The highest BCUT2D eigenvalue weighted by Gasteiger charge is 2.24. The minimum atomic E-state index is 0.362. The average molecular weight is 240 g/mol. The summed E-state index contributed by atoms with van der Waals surface area (Å²) >= 11 is 0. The summed E-state index contributed by atoms with van der Waals surface area (Å²) in [5.74, 6) is 1.02. The molecule has 1 aliphatic heterocycles. The normalized spacial score (nSPS) is 19.9. The van der Waals surface area contributed by atoms with Crippen LogP contribution >= 0.6 is 0 Å². The summed E-state index contributed by atoms with van der Waals surface area (Å²) in [6.07, 6.45) is 9.09. The maximum atomic E-state index is 11.9. The van der Waals surface area contributed by atoms with Gasteiger partial charge in [-0.1, -0.05) is 32.6 Å². The quantitative estimate of drug-likeness (QED) is 0.663. The predicted octanol–water partition coefficient (Wildman–Crippen LogP) is 2.54. The molecule has 1 aliphatic rings. The number of nitrogens with two attached hydrogens (primary N) is 1. The second-order valence-corrected chi connectivity index (χ2v) is 5.24. The molecular formula is C14H28N2O. The molecule has 1 atom stereocenters. The van der Waals surface area contributed by atoms with Gasteiger partial charge < -0.3 is 10.6 Å². The minimum Gasteiger partial charge on any atom is -0.342 e. The van der Waals surface area contributed by atoms with Crippen molar-refractivity contribution in [1.82, 2.24) is 4.90 Å². The Kier molecular flexibility index (Phi) is 7.25. The van der Waals surface area contributed by atoms with Crippen molar-refractivity contribution >= 4 is 5.91 Å². The molecular weight excluding hydrogens is 212 g/mol. The van der Waals surface area contributed by atoms with Gasteiger partial charge in [-0.3, -0.25) is 4.79 Å². The van der Waals surface area contributed by atoms with Crippen molar-refractivity contribution in [2.75, 3.05) is 19.6 Å². The number of carbonyl (C=O) groups excluding carboxylic acids is 1. The average Bonchev–Trinajstić information content (AvgIpc) is 2.78. The number of carbonyl (C=O) groups is 1. The van der Waals surface area contributed by atoms with Crippen molar-refractivity contribution in [2.45, 2.75) is 58.3 Å². The Morgan fingerprint density at radius 2 is 2.06 bits per heavy atom. The molecule has 0 aliphatic carbocycles. The van der Waals surface area contributed by atoms with Crippen LogP contribution in [0.5, 0.6) is 0 Å². The maximum absolute atomic E-state index is 11.9. The first-order valence-electron chi connectivity index (χ1n) is 7.25. The van der Waals surface area contributed by atoms with Crippen molar-refractivity contribution < 1.29 is 4.79 Å². The monoisotopic (exact) mass is 240 g/mol. The van der Waals surface area contributed by atoms with Crippen LogP contribution in [0.4, 0.5) is 0 Å². The third kappa shape index (κ3) is 5.53. The smallest absolute Gasteiger partial charge is 0.222 e. The largest absolute Gasteiger partial charge is 0.342 e. The number of nitrogens with zero attached hydrogens (tertiary/aromatic N) is 1. The third-order valence-corrected chi connectivity index (χ3v) is 3.71. The lowest BCUT2D eigenvalue weighted by Crippen LogP contribution is -2.28. The van der Waals surface area contributed by atoms with E-state index < -0.39 is 0 Å². The van der Waals surface area contributed by atoms with Gasteiger partial charge in [0.25, 0.3) is 0 Å². The lowest BCUT2D eigenvalue weighted by Gasteiger charge is -2.16. The molecule has 0 spiro atoms. The molecule has 3 heteroatoms. The van der Waals surface area contributed by atoms with E-state index >= 15 is 0 Å². The Balaban J connectivity index is 2.08. The minimum absolute atomic E-state index is 0.362. The molecule has 0 aromatic carbocycles. The topological polar surface area (TPSA) is 46.3 Å². The molecule has 3 nitrogen and oxygen atoms in total. The molecule has 1 heterocycles. The first-order chi connectivity index (χ1) is 8.27. The number of likely N-dealkylation sites (tertiary alicyclic amines) is 1. The van der Waals surface area contributed by atoms with E-state index in [2.05, 4.69) is 6.92 Å². The number of unbranched alkanes of at least 4 members (excludes halogenated alkanes) is 4. The van der Waals surface area contributed by atoms with Gasteiger partial charge in [0.05, 0.1) is 0 Å². The van der Waals surface area contributed by atoms with E-state index in [1.54, 1.807) is 0 Å². The highest BCUT2D eigenvalue weighted by molar-refractivity contribution is 5.76. The van der Waals surface area contributed by atoms with E-state index in [0.29, 0.717) is 11.8 Å². The summed E-state index contributed by atoms with van der Waals surface area (Å²) in [5.41, 5.74) is 5.55. The first-order valence-corrected chi connectivity index (χ1v) is 7.25. The molecule has 0 radical (unpaired) electrons. The molecule has 1 rings (SSSR count). The number of hydrogen-bond donors (Lipinski definition) is 1. The van der Waals surface area contributed by atoms with Gasteiger partial charge in [0.2, 0.25) is 5.91 Å². The van der Waals surface area contributed by atoms with E-state index in [9.17, 15) is 4.79 Å². The van der Waals surface area contributed by atoms with Gasteiger partial charge in [-0.25, -0.2) is 0 Å². The SMILES string of the molecule is CCCCCCCC(=O)N1CCC(CCN)C1. The van der Waals surface area contributed by atoms with Crippen LogP contribution < -0.4 is 5.73 Å². The number of amides is 1. The zero-order valence-corrected chi connectivity index (χ0v) is 11.3. The second kappa shape index (κ2) is 8.51. The number of hydrogen-bond acceptors (Lipinski definition) is 2. The fourth-order valence-corrected chi connectivity index (χ4v) is 2.57. The van der Waals surface area contributed by atoms with Gasteiger partial charge in [0, 0.05) is 19.5 Å². The van der Waals surface area contributed by atoms with Crippen molar-refractivity contribution in [1.29, 1.82) is 0 Å². The molecule has 100 valence electrons. The van der Waals surface area contributed by atoms with Gasteiger partial charge in [0.1, 0.15) is 0 Å². The van der Waals surface area contributed by atoms with Crippen LogP contribution in [0, 0.1) is 5.92 Å². The van der Waals surface area contributed by atoms with Crippen LogP contribution in [0.15, 0.2) is 0 Å². The first kappa shape index (κ1) is 14.5. The van der Waals surface area contributed by atoms with Crippen LogP contribution in [0.3, 0.4) is 0 Å². The van der Waals surface area contributed by atoms with Crippen LogP contribution in [0.2, 0.25) is 0 Å². The Labute approximate surface area is 106 Å². The second-order valence-electron chi connectivity index (χ2n) is 5.24. The summed E-state index contributed by atoms with van der Waals surface area (Å²) < 4.78 is 0. The highest BCUT2D eigenvalue weighted by Crippen LogP contribution is 2.20. The molecule has 17 heavy (non-hydrogen) atoms. The molecule has 1 fully saturated rings. The molecule has 2 N–H and O–H groups in total. The van der Waals surface area contributed by atoms with Gasteiger partial charge in [-0.05, 0) is 31.7 Å². The van der Waals surface area contributed by atoms with Crippen LogP contribution in [0.25, 0.3) is 0 Å². The summed E-state index contributed by atoms with van der Waals surface area (Å²) in [6.45, 7) is 4.88. The van der Waals surface area contributed by atoms with Crippen LogP contribution in [0.1, 0.15) is 58.3 Å². The van der Waals surface area contributed by atoms with Crippen LogP contribution in [-0.2, 0) is 4.79 Å². The zero-order chi connectivity index (χ0) is 12.5. The zero-order valence-electron chi connectivity index (χ0n) is 11.3. The summed E-state index contributed by atoms with van der Waals surface area (Å²) in [5, 5.41) is 0. The lowest BCUT2D eigenvalue weighted by molar-refractivity contribution is -0.130. The lowest BCUT2D eigenvalue weighted by atomic mass is 10.1. The van der Waals surface area contributed by atoms with E-state index in [1.807, 2.05) is 4.90 Å². The van der Waals surface area contributed by atoms with Crippen molar-refractivity contribution in [3.63, 3.8) is 0 Å². The molecule has 1 saturated heterocycles. The fourth-order valence-electron chi connectivity index (χ4n) is 2.57. The van der Waals surface area contributed by atoms with E-state index in [1.165, 1.54) is 25.7 Å². The van der Waals surface area contributed by atoms with E-state index in [4.69, 9.17) is 5.73 Å².